The minimum atomic E-state index is -3.99. The molecule has 4 rings (SSSR count). The van der Waals surface area contributed by atoms with Gasteiger partial charge in [-0.15, -0.1) is 10.2 Å². The Morgan fingerprint density at radius 2 is 1.94 bits per heavy atom. The maximum absolute atomic E-state index is 13.3. The van der Waals surface area contributed by atoms with Gasteiger partial charge in [0.15, 0.2) is 11.6 Å². The first-order valence-electron chi connectivity index (χ1n) is 10.2. The Balaban J connectivity index is 1.69. The van der Waals surface area contributed by atoms with Gasteiger partial charge >= 0.3 is 0 Å². The topological polar surface area (TPSA) is 139 Å². The fourth-order valence-electron chi connectivity index (χ4n) is 3.70. The number of hydrogen-bond donors (Lipinski definition) is 1. The molecule has 0 saturated heterocycles. The predicted octanol–water partition coefficient (Wildman–Crippen LogP) is 1.78. The summed E-state index contributed by atoms with van der Waals surface area (Å²) in [6.07, 6.45) is 5.22. The number of rotatable bonds is 10. The molecule has 0 aliphatic heterocycles. The maximum atomic E-state index is 13.3. The summed E-state index contributed by atoms with van der Waals surface area (Å²) in [7, 11) is 0.799. The summed E-state index contributed by atoms with van der Waals surface area (Å²) < 4.78 is 43.5. The molecule has 0 bridgehead atoms. The molecule has 0 radical (unpaired) electrons. The van der Waals surface area contributed by atoms with Crippen molar-refractivity contribution < 1.29 is 17.9 Å². The number of hydrogen-bond acceptors (Lipinski definition) is 9. The van der Waals surface area contributed by atoms with Crippen molar-refractivity contribution >= 4 is 27.6 Å². The van der Waals surface area contributed by atoms with Crippen molar-refractivity contribution in [3.05, 3.63) is 35.5 Å². The van der Waals surface area contributed by atoms with Crippen LogP contribution in [0.25, 0.3) is 11.5 Å². The first-order valence-corrected chi connectivity index (χ1v) is 12.1. The lowest BCUT2D eigenvalue weighted by Gasteiger charge is -2.24. The number of methoxy groups -OCH3 is 2. The van der Waals surface area contributed by atoms with Gasteiger partial charge in [-0.2, -0.15) is 5.10 Å². The van der Waals surface area contributed by atoms with E-state index in [1.54, 1.807) is 35.7 Å². The second-order valence-electron chi connectivity index (χ2n) is 7.98. The molecular weight excluding hydrogens is 472 g/mol. The van der Waals surface area contributed by atoms with Crippen molar-refractivity contribution in [2.75, 3.05) is 25.5 Å². The highest BCUT2D eigenvalue weighted by Crippen LogP contribution is 2.47. The largest absolute Gasteiger partial charge is 0.382 e. The van der Waals surface area contributed by atoms with E-state index in [4.69, 9.17) is 21.1 Å². The normalized spacial score (nSPS) is 17.0. The summed E-state index contributed by atoms with van der Waals surface area (Å²) in [4.78, 5) is 8.22. The smallest absolute Gasteiger partial charge is 0.240 e. The van der Waals surface area contributed by atoms with Crippen molar-refractivity contribution in [3.63, 3.8) is 0 Å². The van der Waals surface area contributed by atoms with E-state index >= 15 is 0 Å². The van der Waals surface area contributed by atoms with Crippen molar-refractivity contribution in [1.29, 1.82) is 0 Å². The van der Waals surface area contributed by atoms with Crippen LogP contribution in [0.1, 0.15) is 31.7 Å². The van der Waals surface area contributed by atoms with Crippen molar-refractivity contribution in [2.24, 2.45) is 7.05 Å². The summed E-state index contributed by atoms with van der Waals surface area (Å²) in [6, 6.07) is 1.79. The zero-order valence-electron chi connectivity index (χ0n) is 18.6. The van der Waals surface area contributed by atoms with Gasteiger partial charge in [0, 0.05) is 39.9 Å². The van der Waals surface area contributed by atoms with E-state index in [9.17, 15) is 8.42 Å². The average Bonchev–Trinajstić information content (AvgIpc) is 3.21. The lowest BCUT2D eigenvalue weighted by molar-refractivity contribution is 0.0950. The number of aryl methyl sites for hydroxylation is 1. The zero-order chi connectivity index (χ0) is 23.8. The standard InChI is InChI=1S/C19H25ClN8O4S/c1-12(15(32-4)16-21-9-13(20)10-22-16)33(29,30)26-18-24-23-17(14-5-8-27(2)25-14)28(18)19(6-7-19)11-31-3/h5,8-10,12,15H,6-7,11H2,1-4H3,(H,24,26). The average molecular weight is 497 g/mol. The van der Waals surface area contributed by atoms with Crippen molar-refractivity contribution in [1.82, 2.24) is 34.5 Å². The van der Waals surface area contributed by atoms with E-state index in [0.29, 0.717) is 23.1 Å². The molecule has 1 saturated carbocycles. The number of sulfonamides is 1. The van der Waals surface area contributed by atoms with Gasteiger partial charge in [-0.3, -0.25) is 14.0 Å². The summed E-state index contributed by atoms with van der Waals surface area (Å²) in [5.74, 6) is 0.747. The number of aromatic nitrogens is 7. The van der Waals surface area contributed by atoms with E-state index in [-0.39, 0.29) is 11.8 Å². The van der Waals surface area contributed by atoms with Gasteiger partial charge in [0.2, 0.25) is 16.0 Å². The highest BCUT2D eigenvalue weighted by molar-refractivity contribution is 7.93. The molecule has 178 valence electrons. The molecule has 12 nitrogen and oxygen atoms in total. The van der Waals surface area contributed by atoms with Crippen LogP contribution in [0.15, 0.2) is 24.7 Å². The van der Waals surface area contributed by atoms with E-state index in [1.165, 1.54) is 26.4 Å². The van der Waals surface area contributed by atoms with Crippen LogP contribution in [-0.2, 0) is 32.1 Å². The van der Waals surface area contributed by atoms with Gasteiger partial charge in [-0.05, 0) is 25.8 Å². The summed E-state index contributed by atoms with van der Waals surface area (Å²) >= 11 is 5.85. The molecule has 1 aliphatic carbocycles. The highest BCUT2D eigenvalue weighted by Gasteiger charge is 2.49. The predicted molar refractivity (Wildman–Crippen MR) is 120 cm³/mol. The molecule has 1 N–H and O–H groups in total. The first-order chi connectivity index (χ1) is 15.7. The Kier molecular flexibility index (Phi) is 6.40. The third-order valence-corrected chi connectivity index (χ3v) is 7.51. The number of anilines is 1. The Hall–Kier alpha value is -2.61. The molecule has 2 atom stereocenters. The van der Waals surface area contributed by atoms with Gasteiger partial charge in [0.05, 0.1) is 17.2 Å². The van der Waals surface area contributed by atoms with Crippen LogP contribution >= 0.6 is 11.6 Å². The Morgan fingerprint density at radius 3 is 2.48 bits per heavy atom. The number of nitrogens with one attached hydrogen (secondary N) is 1. The van der Waals surface area contributed by atoms with Crippen LogP contribution in [0.2, 0.25) is 5.02 Å². The molecule has 1 aliphatic rings. The van der Waals surface area contributed by atoms with E-state index in [1.807, 2.05) is 0 Å². The number of nitrogens with zero attached hydrogens (tertiary/aromatic N) is 7. The maximum Gasteiger partial charge on any atom is 0.240 e. The lowest BCUT2D eigenvalue weighted by atomic mass is 10.2. The molecule has 14 heteroatoms. The molecule has 0 amide bonds. The van der Waals surface area contributed by atoms with Crippen molar-refractivity contribution in [3.8, 4) is 11.5 Å². The van der Waals surface area contributed by atoms with E-state index < -0.39 is 26.9 Å². The summed E-state index contributed by atoms with van der Waals surface area (Å²) in [5, 5.41) is 12.1. The minimum absolute atomic E-state index is 0.0870. The highest BCUT2D eigenvalue weighted by atomic mass is 35.5. The third-order valence-electron chi connectivity index (χ3n) is 5.62. The van der Waals surface area contributed by atoms with Crippen LogP contribution in [0.3, 0.4) is 0 Å². The van der Waals surface area contributed by atoms with Gasteiger partial charge in [-0.25, -0.2) is 18.4 Å². The Bertz CT molecular complexity index is 1220. The van der Waals surface area contributed by atoms with E-state index in [2.05, 4.69) is 30.0 Å². The van der Waals surface area contributed by atoms with E-state index in [0.717, 1.165) is 12.8 Å². The van der Waals surface area contributed by atoms with Gasteiger partial charge in [-0.1, -0.05) is 11.6 Å². The summed E-state index contributed by atoms with van der Waals surface area (Å²) in [6.45, 7) is 1.89. The quantitative estimate of drug-likeness (QED) is 0.444. The molecule has 2 unspecified atom stereocenters. The second kappa shape index (κ2) is 8.97. The number of halogens is 1. The Labute approximate surface area is 196 Å². The molecule has 3 heterocycles. The molecule has 33 heavy (non-hydrogen) atoms. The fourth-order valence-corrected chi connectivity index (χ4v) is 4.93. The molecule has 3 aromatic rings. The number of ether oxygens (including phenoxy) is 2. The third kappa shape index (κ3) is 4.58. The molecular formula is C19H25ClN8O4S. The summed E-state index contributed by atoms with van der Waals surface area (Å²) in [5.41, 5.74) is 0.127. The second-order valence-corrected chi connectivity index (χ2v) is 10.5. The molecule has 0 spiro atoms. The Morgan fingerprint density at radius 1 is 1.24 bits per heavy atom. The van der Waals surface area contributed by atoms with Crippen molar-refractivity contribution in [2.45, 2.75) is 36.7 Å². The van der Waals surface area contributed by atoms with Crippen LogP contribution in [0, 0.1) is 0 Å². The lowest BCUT2D eigenvalue weighted by Crippen LogP contribution is -2.35. The van der Waals surface area contributed by atoms with Crippen LogP contribution < -0.4 is 4.72 Å². The van der Waals surface area contributed by atoms with Crippen LogP contribution in [-0.4, -0.2) is 69.0 Å². The molecule has 3 aromatic heterocycles. The monoisotopic (exact) mass is 496 g/mol. The van der Waals surface area contributed by atoms with Crippen LogP contribution in [0.5, 0.6) is 0 Å². The van der Waals surface area contributed by atoms with Gasteiger partial charge < -0.3 is 9.47 Å². The van der Waals surface area contributed by atoms with Gasteiger partial charge in [0.1, 0.15) is 17.0 Å². The SMILES string of the molecule is COCC1(n2c(NS(=O)(=O)C(C)C(OC)c3ncc(Cl)cn3)nnc2-c2ccn(C)n2)CC1. The van der Waals surface area contributed by atoms with Crippen LogP contribution in [0.4, 0.5) is 5.95 Å². The molecule has 1 fully saturated rings. The molecule has 0 aromatic carbocycles. The first kappa shape index (κ1) is 23.5. The fraction of sp³-hybridized carbons (Fsp3) is 0.526. The zero-order valence-corrected chi connectivity index (χ0v) is 20.2. The minimum Gasteiger partial charge on any atom is -0.382 e. The van der Waals surface area contributed by atoms with Gasteiger partial charge in [0.25, 0.3) is 0 Å².